The van der Waals surface area contributed by atoms with Gasteiger partial charge in [0.2, 0.25) is 0 Å². The molecule has 2 N–H and O–H groups in total. The Morgan fingerprint density at radius 1 is 1.21 bits per heavy atom. The number of nitrogens with zero attached hydrogens (tertiary/aromatic N) is 3. The quantitative estimate of drug-likeness (QED) is 0.743. The van der Waals surface area contributed by atoms with Crippen molar-refractivity contribution >= 4 is 22.5 Å². The second-order valence-electron chi connectivity index (χ2n) is 4.75. The second kappa shape index (κ2) is 6.22. The monoisotopic (exact) mass is 339 g/mol. The Bertz CT molecular complexity index is 850. The lowest BCUT2D eigenvalue weighted by Gasteiger charge is -2.14. The first-order valence-electron chi connectivity index (χ1n) is 6.75. The number of H-pyrrole nitrogens is 1. The van der Waals surface area contributed by atoms with Gasteiger partial charge in [0.15, 0.2) is 23.8 Å². The fourth-order valence-corrected chi connectivity index (χ4v) is 2.03. The third kappa shape index (κ3) is 3.47. The number of fused-ring (bicyclic) bond motifs is 1. The number of methoxy groups -OCH3 is 1. The summed E-state index contributed by atoms with van der Waals surface area (Å²) in [6.45, 7) is -1.41. The number of hydrogen-bond donors (Lipinski definition) is 2. The number of hydrogen-bond acceptors (Lipinski definition) is 6. The van der Waals surface area contributed by atoms with E-state index >= 15 is 0 Å². The molecule has 0 aliphatic heterocycles. The Hall–Kier alpha value is -3.04. The number of anilines is 2. The molecule has 1 aromatic carbocycles. The minimum atomic E-state index is -4.44. The average molecular weight is 339 g/mol. The van der Waals surface area contributed by atoms with Gasteiger partial charge in [0.05, 0.1) is 18.7 Å². The Morgan fingerprint density at radius 3 is 2.79 bits per heavy atom. The lowest BCUT2D eigenvalue weighted by Crippen LogP contribution is -2.19. The van der Waals surface area contributed by atoms with Crippen LogP contribution in [0.1, 0.15) is 0 Å². The molecule has 0 atom stereocenters. The summed E-state index contributed by atoms with van der Waals surface area (Å²) in [6, 6.07) is 4.54. The second-order valence-corrected chi connectivity index (χ2v) is 4.75. The van der Waals surface area contributed by atoms with E-state index in [-0.39, 0.29) is 11.5 Å². The fraction of sp³-hybridized carbons (Fsp3) is 0.214. The van der Waals surface area contributed by atoms with E-state index < -0.39 is 12.8 Å². The molecule has 0 fully saturated rings. The van der Waals surface area contributed by atoms with Crippen molar-refractivity contribution in [2.45, 2.75) is 6.18 Å². The summed E-state index contributed by atoms with van der Waals surface area (Å²) >= 11 is 0. The van der Waals surface area contributed by atoms with Crippen molar-refractivity contribution in [1.82, 2.24) is 20.2 Å². The average Bonchev–Trinajstić information content (AvgIpc) is 3.02. The number of ether oxygens (including phenoxy) is 2. The minimum Gasteiger partial charge on any atom is -0.493 e. The molecule has 0 saturated heterocycles. The highest BCUT2D eigenvalue weighted by molar-refractivity contribution is 5.87. The van der Waals surface area contributed by atoms with Crippen LogP contribution in [0.3, 0.4) is 0 Å². The smallest absolute Gasteiger partial charge is 0.422 e. The van der Waals surface area contributed by atoms with Crippen molar-refractivity contribution in [2.75, 3.05) is 19.0 Å². The predicted octanol–water partition coefficient (Wildman–Crippen LogP) is 3.05. The summed E-state index contributed by atoms with van der Waals surface area (Å²) in [4.78, 5) is 8.10. The van der Waals surface area contributed by atoms with Gasteiger partial charge in [0.1, 0.15) is 12.1 Å². The molecule has 0 spiro atoms. The molecule has 0 aliphatic rings. The highest BCUT2D eigenvalue weighted by atomic mass is 19.4. The molecule has 3 aromatic rings. The molecule has 24 heavy (non-hydrogen) atoms. The van der Waals surface area contributed by atoms with Crippen molar-refractivity contribution in [3.05, 3.63) is 30.7 Å². The van der Waals surface area contributed by atoms with Crippen LogP contribution in [-0.2, 0) is 0 Å². The van der Waals surface area contributed by atoms with Crippen molar-refractivity contribution in [3.63, 3.8) is 0 Å². The molecular weight excluding hydrogens is 327 g/mol. The van der Waals surface area contributed by atoms with Gasteiger partial charge in [-0.15, -0.1) is 0 Å². The van der Waals surface area contributed by atoms with Crippen LogP contribution < -0.4 is 14.8 Å². The summed E-state index contributed by atoms with van der Waals surface area (Å²) in [5.41, 5.74) is 1.02. The summed E-state index contributed by atoms with van der Waals surface area (Å²) in [5, 5.41) is 10.2. The Kier molecular flexibility index (Phi) is 4.11. The van der Waals surface area contributed by atoms with E-state index in [1.807, 2.05) is 0 Å². The zero-order valence-corrected chi connectivity index (χ0v) is 12.4. The number of rotatable bonds is 5. The normalized spacial score (nSPS) is 11.5. The molecule has 0 amide bonds. The Morgan fingerprint density at radius 2 is 2.04 bits per heavy atom. The Labute approximate surface area is 133 Å². The van der Waals surface area contributed by atoms with Gasteiger partial charge in [-0.3, -0.25) is 5.10 Å². The maximum Gasteiger partial charge on any atom is 0.422 e. The summed E-state index contributed by atoms with van der Waals surface area (Å²) < 4.78 is 46.9. The third-order valence-corrected chi connectivity index (χ3v) is 3.07. The van der Waals surface area contributed by atoms with Gasteiger partial charge in [-0.05, 0) is 12.1 Å². The van der Waals surface area contributed by atoms with Gasteiger partial charge >= 0.3 is 6.18 Å². The molecular formula is C14H12F3N5O2. The highest BCUT2D eigenvalue weighted by Crippen LogP contribution is 2.33. The van der Waals surface area contributed by atoms with Gasteiger partial charge in [-0.25, -0.2) is 9.97 Å². The first-order valence-corrected chi connectivity index (χ1v) is 6.75. The molecule has 0 aliphatic carbocycles. The third-order valence-electron chi connectivity index (χ3n) is 3.07. The van der Waals surface area contributed by atoms with Crippen LogP contribution in [0.4, 0.5) is 24.7 Å². The molecule has 126 valence electrons. The van der Waals surface area contributed by atoms with Crippen LogP contribution in [0.5, 0.6) is 11.5 Å². The number of aromatic amines is 1. The molecule has 2 heterocycles. The van der Waals surface area contributed by atoms with Crippen LogP contribution in [0.2, 0.25) is 0 Å². The van der Waals surface area contributed by atoms with E-state index in [2.05, 4.69) is 25.5 Å². The van der Waals surface area contributed by atoms with E-state index in [0.717, 1.165) is 0 Å². The van der Waals surface area contributed by atoms with E-state index in [1.165, 1.54) is 25.6 Å². The van der Waals surface area contributed by atoms with E-state index in [1.54, 1.807) is 12.3 Å². The topological polar surface area (TPSA) is 85.0 Å². The molecule has 0 bridgehead atoms. The molecule has 10 heteroatoms. The molecule has 7 nitrogen and oxygen atoms in total. The van der Waals surface area contributed by atoms with E-state index in [9.17, 15) is 13.2 Å². The zero-order valence-electron chi connectivity index (χ0n) is 12.4. The van der Waals surface area contributed by atoms with E-state index in [4.69, 9.17) is 9.47 Å². The van der Waals surface area contributed by atoms with Crippen molar-refractivity contribution in [3.8, 4) is 11.5 Å². The molecule has 2 aromatic heterocycles. The molecule has 0 radical (unpaired) electrons. The largest absolute Gasteiger partial charge is 0.493 e. The van der Waals surface area contributed by atoms with Crippen LogP contribution in [-0.4, -0.2) is 40.1 Å². The number of aromatic nitrogens is 4. The van der Waals surface area contributed by atoms with Gasteiger partial charge in [-0.2, -0.15) is 18.3 Å². The maximum atomic E-state index is 12.4. The standard InChI is InChI=1S/C14H12F3N5O2/c1-23-10-3-2-8(4-11(10)24-6-14(15,16)17)21-12-9-5-20-22-13(9)19-7-18-12/h2-5,7H,6H2,1H3,(H2,18,19,20,21,22). The zero-order chi connectivity index (χ0) is 17.2. The van der Waals surface area contributed by atoms with Crippen molar-refractivity contribution in [2.24, 2.45) is 0 Å². The first-order chi connectivity index (χ1) is 11.5. The van der Waals surface area contributed by atoms with Crippen molar-refractivity contribution in [1.29, 1.82) is 0 Å². The summed E-state index contributed by atoms with van der Waals surface area (Å²) in [5.74, 6) is 0.624. The van der Waals surface area contributed by atoms with Crippen LogP contribution in [0.15, 0.2) is 30.7 Å². The van der Waals surface area contributed by atoms with Gasteiger partial charge < -0.3 is 14.8 Å². The lowest BCUT2D eigenvalue weighted by atomic mass is 10.2. The van der Waals surface area contributed by atoms with E-state index in [0.29, 0.717) is 22.5 Å². The summed E-state index contributed by atoms with van der Waals surface area (Å²) in [6.07, 6.45) is -1.56. The number of halogens is 3. The minimum absolute atomic E-state index is 0.0303. The maximum absolute atomic E-state index is 12.4. The highest BCUT2D eigenvalue weighted by Gasteiger charge is 2.29. The predicted molar refractivity (Wildman–Crippen MR) is 79.5 cm³/mol. The number of benzene rings is 1. The fourth-order valence-electron chi connectivity index (χ4n) is 2.03. The molecule has 0 saturated carbocycles. The number of alkyl halides is 3. The molecule has 3 rings (SSSR count). The van der Waals surface area contributed by atoms with Gasteiger partial charge in [0, 0.05) is 11.8 Å². The van der Waals surface area contributed by atoms with Crippen molar-refractivity contribution < 1.29 is 22.6 Å². The number of nitrogens with one attached hydrogen (secondary N) is 2. The lowest BCUT2D eigenvalue weighted by molar-refractivity contribution is -0.153. The first kappa shape index (κ1) is 15.8. The SMILES string of the molecule is COc1ccc(Nc2ncnc3[nH]ncc23)cc1OCC(F)(F)F. The molecule has 0 unspecified atom stereocenters. The Balaban J connectivity index is 1.87. The van der Waals surface area contributed by atoms with Gasteiger partial charge in [0.25, 0.3) is 0 Å². The van der Waals surface area contributed by atoms with Crippen LogP contribution in [0, 0.1) is 0 Å². The van der Waals surface area contributed by atoms with Crippen LogP contribution >= 0.6 is 0 Å². The van der Waals surface area contributed by atoms with Gasteiger partial charge in [-0.1, -0.05) is 0 Å². The van der Waals surface area contributed by atoms with Crippen LogP contribution in [0.25, 0.3) is 11.0 Å². The summed E-state index contributed by atoms with van der Waals surface area (Å²) in [7, 11) is 1.35.